The molecule has 102 valence electrons. The lowest BCUT2D eigenvalue weighted by Crippen LogP contribution is -2.25. The van der Waals surface area contributed by atoms with E-state index in [0.717, 1.165) is 24.2 Å². The van der Waals surface area contributed by atoms with Crippen molar-refractivity contribution in [1.29, 1.82) is 0 Å². The van der Waals surface area contributed by atoms with Gasteiger partial charge in [-0.25, -0.2) is 0 Å². The highest BCUT2D eigenvalue weighted by Crippen LogP contribution is 2.20. The zero-order valence-corrected chi connectivity index (χ0v) is 11.8. The molecule has 1 aromatic rings. The summed E-state index contributed by atoms with van der Waals surface area (Å²) >= 11 is 0. The van der Waals surface area contributed by atoms with Gasteiger partial charge in [0.25, 0.3) is 0 Å². The number of ether oxygens (including phenoxy) is 2. The van der Waals surface area contributed by atoms with Gasteiger partial charge in [0.05, 0.1) is 18.3 Å². The van der Waals surface area contributed by atoms with Crippen LogP contribution in [0.4, 0.5) is 0 Å². The Labute approximate surface area is 110 Å². The van der Waals surface area contributed by atoms with Crippen molar-refractivity contribution in [3.05, 3.63) is 29.8 Å². The molecule has 3 nitrogen and oxygen atoms in total. The first-order chi connectivity index (χ1) is 8.48. The van der Waals surface area contributed by atoms with Crippen molar-refractivity contribution in [2.24, 2.45) is 0 Å². The normalized spacial score (nSPS) is 13.4. The smallest absolute Gasteiger partial charge is 0.119 e. The topological polar surface area (TPSA) is 38.7 Å². The van der Waals surface area contributed by atoms with E-state index < -0.39 is 0 Å². The molecule has 0 saturated heterocycles. The van der Waals surface area contributed by atoms with Crippen molar-refractivity contribution in [2.75, 3.05) is 13.7 Å². The molecule has 0 spiro atoms. The minimum Gasteiger partial charge on any atom is -0.493 e. The Kier molecular flexibility index (Phi) is 5.63. The summed E-state index contributed by atoms with van der Waals surface area (Å²) in [5.41, 5.74) is 0.778. The van der Waals surface area contributed by atoms with Crippen LogP contribution in [-0.4, -0.2) is 24.4 Å². The summed E-state index contributed by atoms with van der Waals surface area (Å²) in [7, 11) is 1.71. The fraction of sp³-hybridized carbons (Fsp3) is 0.600. The summed E-state index contributed by atoms with van der Waals surface area (Å²) in [5.74, 6) is 0.828. The van der Waals surface area contributed by atoms with Crippen LogP contribution < -0.4 is 4.74 Å². The molecule has 0 aliphatic carbocycles. The maximum absolute atomic E-state index is 9.68. The Morgan fingerprint density at radius 3 is 2.33 bits per heavy atom. The number of benzene rings is 1. The van der Waals surface area contributed by atoms with Crippen LogP contribution >= 0.6 is 0 Å². The van der Waals surface area contributed by atoms with E-state index in [1.807, 2.05) is 45.0 Å². The van der Waals surface area contributed by atoms with Crippen LogP contribution in [0.15, 0.2) is 24.3 Å². The molecule has 0 aromatic heterocycles. The average Bonchev–Trinajstić information content (AvgIpc) is 2.38. The molecule has 3 heteroatoms. The quantitative estimate of drug-likeness (QED) is 0.809. The SMILES string of the molecule is CC[C@H](O)c1ccc(OCCC(C)(C)OC)cc1. The molecule has 0 bridgehead atoms. The summed E-state index contributed by atoms with van der Waals surface area (Å²) in [5, 5.41) is 9.68. The lowest BCUT2D eigenvalue weighted by Gasteiger charge is -2.22. The summed E-state index contributed by atoms with van der Waals surface area (Å²) < 4.78 is 11.0. The van der Waals surface area contributed by atoms with E-state index in [4.69, 9.17) is 9.47 Å². The van der Waals surface area contributed by atoms with Crippen molar-refractivity contribution in [1.82, 2.24) is 0 Å². The Balaban J connectivity index is 2.45. The number of hydrogen-bond donors (Lipinski definition) is 1. The highest BCUT2D eigenvalue weighted by Gasteiger charge is 2.15. The second-order valence-electron chi connectivity index (χ2n) is 5.06. The molecular weight excluding hydrogens is 228 g/mol. The van der Waals surface area contributed by atoms with Crippen LogP contribution in [0, 0.1) is 0 Å². The molecule has 1 aromatic carbocycles. The van der Waals surface area contributed by atoms with Crippen LogP contribution in [0.25, 0.3) is 0 Å². The Bertz CT molecular complexity index is 343. The molecule has 18 heavy (non-hydrogen) atoms. The van der Waals surface area contributed by atoms with E-state index in [9.17, 15) is 5.11 Å². The number of hydrogen-bond acceptors (Lipinski definition) is 3. The zero-order chi connectivity index (χ0) is 13.6. The van der Waals surface area contributed by atoms with Gasteiger partial charge in [0, 0.05) is 13.5 Å². The standard InChI is InChI=1S/C15H24O3/c1-5-14(16)12-6-8-13(9-7-12)18-11-10-15(2,3)17-4/h6-9,14,16H,5,10-11H2,1-4H3/t14-/m0/s1. The van der Waals surface area contributed by atoms with Crippen LogP contribution in [0.2, 0.25) is 0 Å². The molecule has 0 saturated carbocycles. The average molecular weight is 252 g/mol. The largest absolute Gasteiger partial charge is 0.493 e. The third kappa shape index (κ3) is 4.67. The van der Waals surface area contributed by atoms with Crippen LogP contribution in [-0.2, 0) is 4.74 Å². The first-order valence-corrected chi connectivity index (χ1v) is 6.44. The minimum absolute atomic E-state index is 0.154. The molecule has 1 atom stereocenters. The van der Waals surface area contributed by atoms with Gasteiger partial charge in [-0.2, -0.15) is 0 Å². The van der Waals surface area contributed by atoms with Gasteiger partial charge in [-0.3, -0.25) is 0 Å². The van der Waals surface area contributed by atoms with Gasteiger partial charge < -0.3 is 14.6 Å². The second-order valence-corrected chi connectivity index (χ2v) is 5.06. The van der Waals surface area contributed by atoms with Gasteiger partial charge in [0.15, 0.2) is 0 Å². The van der Waals surface area contributed by atoms with E-state index in [1.54, 1.807) is 7.11 Å². The lowest BCUT2D eigenvalue weighted by atomic mass is 10.1. The van der Waals surface area contributed by atoms with Crippen molar-refractivity contribution in [3.8, 4) is 5.75 Å². The maximum atomic E-state index is 9.68. The van der Waals surface area contributed by atoms with Crippen LogP contribution in [0.5, 0.6) is 5.75 Å². The van der Waals surface area contributed by atoms with Gasteiger partial charge in [0.2, 0.25) is 0 Å². The van der Waals surface area contributed by atoms with Crippen LogP contribution in [0.3, 0.4) is 0 Å². The van der Waals surface area contributed by atoms with Gasteiger partial charge in [-0.05, 0) is 38.0 Å². The second kappa shape index (κ2) is 6.76. The first kappa shape index (κ1) is 15.0. The Hall–Kier alpha value is -1.06. The van der Waals surface area contributed by atoms with Gasteiger partial charge in [-0.1, -0.05) is 19.1 Å². The summed E-state index contributed by atoms with van der Waals surface area (Å²) in [6.07, 6.45) is 1.18. The van der Waals surface area contributed by atoms with Crippen molar-refractivity contribution >= 4 is 0 Å². The van der Waals surface area contributed by atoms with E-state index in [1.165, 1.54) is 0 Å². The molecule has 0 unspecified atom stereocenters. The molecular formula is C15H24O3. The number of methoxy groups -OCH3 is 1. The van der Waals surface area contributed by atoms with E-state index >= 15 is 0 Å². The molecule has 1 N–H and O–H groups in total. The molecule has 0 aliphatic rings. The summed E-state index contributed by atoms with van der Waals surface area (Å²) in [4.78, 5) is 0. The number of aliphatic hydroxyl groups is 1. The molecule has 0 fully saturated rings. The van der Waals surface area contributed by atoms with E-state index in [0.29, 0.717) is 6.61 Å². The number of aliphatic hydroxyl groups excluding tert-OH is 1. The number of rotatable bonds is 7. The first-order valence-electron chi connectivity index (χ1n) is 6.44. The predicted octanol–water partition coefficient (Wildman–Crippen LogP) is 3.32. The third-order valence-corrected chi connectivity index (χ3v) is 3.18. The molecule has 0 aliphatic heterocycles. The highest BCUT2D eigenvalue weighted by atomic mass is 16.5. The van der Waals surface area contributed by atoms with E-state index in [2.05, 4.69) is 0 Å². The predicted molar refractivity (Wildman–Crippen MR) is 72.9 cm³/mol. The molecule has 0 heterocycles. The van der Waals surface area contributed by atoms with Gasteiger partial charge >= 0.3 is 0 Å². The minimum atomic E-state index is -0.383. The molecule has 0 radical (unpaired) electrons. The van der Waals surface area contributed by atoms with Crippen molar-refractivity contribution in [3.63, 3.8) is 0 Å². The van der Waals surface area contributed by atoms with Crippen molar-refractivity contribution in [2.45, 2.75) is 45.3 Å². The zero-order valence-electron chi connectivity index (χ0n) is 11.8. The van der Waals surface area contributed by atoms with Crippen molar-refractivity contribution < 1.29 is 14.6 Å². The molecule has 1 rings (SSSR count). The Morgan fingerprint density at radius 2 is 1.83 bits per heavy atom. The van der Waals surface area contributed by atoms with Crippen LogP contribution in [0.1, 0.15) is 45.3 Å². The highest BCUT2D eigenvalue weighted by molar-refractivity contribution is 5.28. The fourth-order valence-corrected chi connectivity index (χ4v) is 1.54. The Morgan fingerprint density at radius 1 is 1.22 bits per heavy atom. The van der Waals surface area contributed by atoms with Gasteiger partial charge in [-0.15, -0.1) is 0 Å². The lowest BCUT2D eigenvalue weighted by molar-refractivity contribution is 0.00545. The molecule has 0 amide bonds. The summed E-state index contributed by atoms with van der Waals surface area (Å²) in [6.45, 7) is 6.66. The maximum Gasteiger partial charge on any atom is 0.119 e. The summed E-state index contributed by atoms with van der Waals surface area (Å²) in [6, 6.07) is 7.61. The van der Waals surface area contributed by atoms with E-state index in [-0.39, 0.29) is 11.7 Å². The third-order valence-electron chi connectivity index (χ3n) is 3.18. The fourth-order valence-electron chi connectivity index (χ4n) is 1.54. The van der Waals surface area contributed by atoms with Gasteiger partial charge in [0.1, 0.15) is 5.75 Å². The monoisotopic (exact) mass is 252 g/mol.